The van der Waals surface area contributed by atoms with Gasteiger partial charge in [-0.3, -0.25) is 0 Å². The predicted octanol–water partition coefficient (Wildman–Crippen LogP) is 2.32. The van der Waals surface area contributed by atoms with Crippen LogP contribution in [0.5, 0.6) is 0 Å². The Morgan fingerprint density at radius 3 is 2.60 bits per heavy atom. The highest BCUT2D eigenvalue weighted by Crippen LogP contribution is 2.24. The number of hydrogen-bond donors (Lipinski definition) is 1. The maximum atomic E-state index is 9.29. The Labute approximate surface area is 92.1 Å². The maximum Gasteiger partial charge on any atom is 0.0946 e. The first-order valence-corrected chi connectivity index (χ1v) is 5.58. The molecule has 0 unspecified atom stereocenters. The fourth-order valence-electron chi connectivity index (χ4n) is 1.57. The average molecular weight is 210 g/mol. The van der Waals surface area contributed by atoms with E-state index in [2.05, 4.69) is 25.8 Å². The first kappa shape index (κ1) is 12.2. The van der Waals surface area contributed by atoms with Crippen LogP contribution < -0.4 is 0 Å². The van der Waals surface area contributed by atoms with Gasteiger partial charge in [0.2, 0.25) is 0 Å². The summed E-state index contributed by atoms with van der Waals surface area (Å²) in [6, 6.07) is 0. The summed E-state index contributed by atoms with van der Waals surface area (Å²) in [4.78, 5) is 4.00. The van der Waals surface area contributed by atoms with Crippen LogP contribution in [0.15, 0.2) is 18.7 Å². The minimum absolute atomic E-state index is 0.258. The van der Waals surface area contributed by atoms with Crippen molar-refractivity contribution in [1.29, 1.82) is 0 Å². The van der Waals surface area contributed by atoms with E-state index >= 15 is 0 Å². The van der Waals surface area contributed by atoms with Gasteiger partial charge in [-0.2, -0.15) is 0 Å². The summed E-state index contributed by atoms with van der Waals surface area (Å²) in [5.41, 5.74) is 0.350. The van der Waals surface area contributed by atoms with E-state index in [-0.39, 0.29) is 6.61 Å². The van der Waals surface area contributed by atoms with Crippen LogP contribution in [0.1, 0.15) is 33.6 Å². The predicted molar refractivity (Wildman–Crippen MR) is 61.5 cm³/mol. The van der Waals surface area contributed by atoms with Crippen LogP contribution in [0.25, 0.3) is 0 Å². The lowest BCUT2D eigenvalue weighted by Crippen LogP contribution is -2.17. The zero-order valence-electron chi connectivity index (χ0n) is 9.98. The highest BCUT2D eigenvalue weighted by molar-refractivity contribution is 4.76. The molecule has 0 aliphatic carbocycles. The molecule has 1 N–H and O–H groups in total. The third-order valence-electron chi connectivity index (χ3n) is 2.59. The summed E-state index contributed by atoms with van der Waals surface area (Å²) < 4.78 is 2.03. The number of aliphatic hydroxyl groups excluding tert-OH is 1. The second-order valence-electron chi connectivity index (χ2n) is 5.41. The third-order valence-corrected chi connectivity index (χ3v) is 2.59. The van der Waals surface area contributed by atoms with Crippen LogP contribution in [0.2, 0.25) is 0 Å². The molecule has 0 bridgehead atoms. The summed E-state index contributed by atoms with van der Waals surface area (Å²) >= 11 is 0. The van der Waals surface area contributed by atoms with E-state index in [0.717, 1.165) is 19.4 Å². The second-order valence-corrected chi connectivity index (χ2v) is 5.41. The van der Waals surface area contributed by atoms with Crippen LogP contribution in [0.4, 0.5) is 0 Å². The summed E-state index contributed by atoms with van der Waals surface area (Å²) in [7, 11) is 0. The molecule has 1 aromatic rings. The van der Waals surface area contributed by atoms with E-state index in [1.54, 1.807) is 12.5 Å². The monoisotopic (exact) mass is 210 g/mol. The Bertz CT molecular complexity index is 262. The van der Waals surface area contributed by atoms with Crippen LogP contribution in [0, 0.1) is 11.3 Å². The van der Waals surface area contributed by atoms with E-state index in [4.69, 9.17) is 0 Å². The van der Waals surface area contributed by atoms with Gasteiger partial charge in [0.15, 0.2) is 0 Å². The lowest BCUT2D eigenvalue weighted by Gasteiger charge is -2.22. The van der Waals surface area contributed by atoms with Gasteiger partial charge in [-0.05, 0) is 24.2 Å². The first-order chi connectivity index (χ1) is 7.01. The van der Waals surface area contributed by atoms with Crippen LogP contribution in [-0.4, -0.2) is 21.3 Å². The molecule has 0 aliphatic rings. The lowest BCUT2D eigenvalue weighted by molar-refractivity contribution is 0.185. The Balaban J connectivity index is 2.36. The molecule has 1 atom stereocenters. The molecule has 15 heavy (non-hydrogen) atoms. The molecule has 0 saturated carbocycles. The summed E-state index contributed by atoms with van der Waals surface area (Å²) in [5.74, 6) is 0.346. The van der Waals surface area contributed by atoms with Crippen molar-refractivity contribution in [3.05, 3.63) is 18.7 Å². The van der Waals surface area contributed by atoms with Gasteiger partial charge in [-0.15, -0.1) is 0 Å². The van der Waals surface area contributed by atoms with Gasteiger partial charge in [-0.25, -0.2) is 4.98 Å². The third kappa shape index (κ3) is 4.98. The molecule has 86 valence electrons. The Morgan fingerprint density at radius 2 is 2.13 bits per heavy atom. The van der Waals surface area contributed by atoms with E-state index in [0.29, 0.717) is 11.3 Å². The number of nitrogens with zero attached hydrogens (tertiary/aromatic N) is 2. The number of rotatable bonds is 5. The number of imidazole rings is 1. The summed E-state index contributed by atoms with van der Waals surface area (Å²) in [6.07, 6.45) is 7.74. The van der Waals surface area contributed by atoms with Crippen molar-refractivity contribution in [3.63, 3.8) is 0 Å². The molecule has 0 fully saturated rings. The minimum atomic E-state index is 0.258. The van der Waals surface area contributed by atoms with Crippen LogP contribution in [0.3, 0.4) is 0 Å². The molecule has 0 amide bonds. The Hall–Kier alpha value is -0.830. The molecule has 0 aromatic carbocycles. The first-order valence-electron chi connectivity index (χ1n) is 5.58. The Kier molecular flexibility index (Phi) is 4.33. The SMILES string of the molecule is CC(C)(C)CC[C@@H](CO)Cn1ccnc1. The molecular formula is C12H22N2O. The molecule has 1 rings (SSSR count). The van der Waals surface area contributed by atoms with Gasteiger partial charge >= 0.3 is 0 Å². The van der Waals surface area contributed by atoms with E-state index in [1.165, 1.54) is 0 Å². The summed E-state index contributed by atoms with van der Waals surface area (Å²) in [5, 5.41) is 9.29. The molecule has 0 saturated heterocycles. The molecule has 1 heterocycles. The van der Waals surface area contributed by atoms with Gasteiger partial charge in [0.25, 0.3) is 0 Å². The minimum Gasteiger partial charge on any atom is -0.396 e. The highest BCUT2D eigenvalue weighted by atomic mass is 16.3. The zero-order chi connectivity index (χ0) is 11.3. The van der Waals surface area contributed by atoms with Gasteiger partial charge in [0, 0.05) is 25.5 Å². The molecule has 0 radical (unpaired) electrons. The molecule has 1 aromatic heterocycles. The van der Waals surface area contributed by atoms with Crippen molar-refractivity contribution in [1.82, 2.24) is 9.55 Å². The van der Waals surface area contributed by atoms with Crippen molar-refractivity contribution in [2.75, 3.05) is 6.61 Å². The quantitative estimate of drug-likeness (QED) is 0.810. The topological polar surface area (TPSA) is 38.0 Å². The average Bonchev–Trinajstić information content (AvgIpc) is 2.63. The van der Waals surface area contributed by atoms with Crippen molar-refractivity contribution < 1.29 is 5.11 Å². The molecule has 3 heteroatoms. The van der Waals surface area contributed by atoms with Crippen LogP contribution >= 0.6 is 0 Å². The van der Waals surface area contributed by atoms with Crippen molar-refractivity contribution in [2.24, 2.45) is 11.3 Å². The fraction of sp³-hybridized carbons (Fsp3) is 0.750. The highest BCUT2D eigenvalue weighted by Gasteiger charge is 2.15. The van der Waals surface area contributed by atoms with E-state index in [1.807, 2.05) is 10.8 Å². The molecule has 0 spiro atoms. The van der Waals surface area contributed by atoms with E-state index < -0.39 is 0 Å². The van der Waals surface area contributed by atoms with Crippen molar-refractivity contribution in [3.8, 4) is 0 Å². The largest absolute Gasteiger partial charge is 0.396 e. The Morgan fingerprint density at radius 1 is 1.40 bits per heavy atom. The van der Waals surface area contributed by atoms with Gasteiger partial charge in [0.1, 0.15) is 0 Å². The van der Waals surface area contributed by atoms with Gasteiger partial charge in [-0.1, -0.05) is 20.8 Å². The van der Waals surface area contributed by atoms with Gasteiger partial charge in [0.05, 0.1) is 6.33 Å². The number of aromatic nitrogens is 2. The normalized spacial score (nSPS) is 14.1. The van der Waals surface area contributed by atoms with Crippen molar-refractivity contribution in [2.45, 2.75) is 40.2 Å². The van der Waals surface area contributed by atoms with Gasteiger partial charge < -0.3 is 9.67 Å². The zero-order valence-corrected chi connectivity index (χ0v) is 9.98. The van der Waals surface area contributed by atoms with Crippen molar-refractivity contribution >= 4 is 0 Å². The summed E-state index contributed by atoms with van der Waals surface area (Å²) in [6.45, 7) is 7.83. The second kappa shape index (κ2) is 5.31. The fourth-order valence-corrected chi connectivity index (χ4v) is 1.57. The van der Waals surface area contributed by atoms with E-state index in [9.17, 15) is 5.11 Å². The number of aliphatic hydroxyl groups is 1. The molecule has 0 aliphatic heterocycles. The standard InChI is InChI=1S/C12H22N2O/c1-12(2,3)5-4-11(9-15)8-14-7-6-13-10-14/h6-7,10-11,15H,4-5,8-9H2,1-3H3/t11-/m1/s1. The molecular weight excluding hydrogens is 188 g/mol. The molecule has 3 nitrogen and oxygen atoms in total. The lowest BCUT2D eigenvalue weighted by atomic mass is 9.87. The smallest absolute Gasteiger partial charge is 0.0946 e. The maximum absolute atomic E-state index is 9.29. The number of hydrogen-bond acceptors (Lipinski definition) is 2. The van der Waals surface area contributed by atoms with Crippen LogP contribution in [-0.2, 0) is 6.54 Å².